The molecule has 0 aliphatic carbocycles. The quantitative estimate of drug-likeness (QED) is 0.866. The Morgan fingerprint density at radius 3 is 3.21 bits per heavy atom. The van der Waals surface area contributed by atoms with Crippen molar-refractivity contribution in [2.24, 2.45) is 0 Å². The van der Waals surface area contributed by atoms with Gasteiger partial charge in [-0.25, -0.2) is 0 Å². The van der Waals surface area contributed by atoms with E-state index in [0.29, 0.717) is 6.42 Å². The molecule has 4 heteroatoms. The molecule has 2 aromatic rings. The molecule has 2 heterocycles. The van der Waals surface area contributed by atoms with Crippen LogP contribution in [0.3, 0.4) is 0 Å². The van der Waals surface area contributed by atoms with E-state index >= 15 is 0 Å². The highest BCUT2D eigenvalue weighted by atomic mass is 16.1. The first kappa shape index (κ1) is 12.0. The van der Waals surface area contributed by atoms with Gasteiger partial charge >= 0.3 is 0 Å². The lowest BCUT2D eigenvalue weighted by molar-refractivity contribution is -0.120. The third-order valence-electron chi connectivity index (χ3n) is 3.52. The van der Waals surface area contributed by atoms with Crippen molar-refractivity contribution in [1.29, 1.82) is 0 Å². The minimum atomic E-state index is 0.136. The fraction of sp³-hybridized carbons (Fsp3) is 0.333. The maximum atomic E-state index is 11.6. The van der Waals surface area contributed by atoms with Crippen LogP contribution in [0.4, 0.5) is 5.69 Å². The summed E-state index contributed by atoms with van der Waals surface area (Å²) in [6.07, 6.45) is 6.24. The number of rotatable bonds is 2. The normalized spacial score (nSPS) is 19.8. The van der Waals surface area contributed by atoms with E-state index in [9.17, 15) is 4.79 Å². The molecular formula is C15H17N3O. The van der Waals surface area contributed by atoms with E-state index in [1.165, 1.54) is 0 Å². The number of carbonyl (C=O) groups excluding carboxylic acids is 1. The maximum absolute atomic E-state index is 11.6. The fourth-order valence-corrected chi connectivity index (χ4v) is 2.57. The van der Waals surface area contributed by atoms with Crippen molar-refractivity contribution < 1.29 is 4.79 Å². The third-order valence-corrected chi connectivity index (χ3v) is 3.52. The van der Waals surface area contributed by atoms with Gasteiger partial charge in [-0.1, -0.05) is 12.1 Å². The Morgan fingerprint density at radius 2 is 2.26 bits per heavy atom. The summed E-state index contributed by atoms with van der Waals surface area (Å²) in [5.74, 6) is 0.136. The van der Waals surface area contributed by atoms with Gasteiger partial charge in [0, 0.05) is 47.9 Å². The largest absolute Gasteiger partial charge is 0.381 e. The zero-order valence-electron chi connectivity index (χ0n) is 10.7. The Kier molecular flexibility index (Phi) is 3.31. The zero-order chi connectivity index (χ0) is 13.1. The van der Waals surface area contributed by atoms with Crippen molar-refractivity contribution in [3.63, 3.8) is 0 Å². The molecule has 1 aliphatic rings. The molecule has 0 radical (unpaired) electrons. The zero-order valence-corrected chi connectivity index (χ0v) is 10.7. The van der Waals surface area contributed by atoms with Crippen LogP contribution in [-0.2, 0) is 4.79 Å². The summed E-state index contributed by atoms with van der Waals surface area (Å²) >= 11 is 0. The van der Waals surface area contributed by atoms with Gasteiger partial charge in [0.2, 0.25) is 5.91 Å². The molecule has 1 saturated heterocycles. The van der Waals surface area contributed by atoms with Gasteiger partial charge in [0.15, 0.2) is 0 Å². The lowest BCUT2D eigenvalue weighted by atomic mass is 10.1. The Labute approximate surface area is 112 Å². The molecule has 0 saturated carbocycles. The number of fused-ring (bicyclic) bond motifs is 1. The van der Waals surface area contributed by atoms with Crippen molar-refractivity contribution in [2.45, 2.75) is 25.3 Å². The summed E-state index contributed by atoms with van der Waals surface area (Å²) in [6.45, 7) is 0.788. The Hall–Kier alpha value is -2.10. The van der Waals surface area contributed by atoms with Gasteiger partial charge in [0.1, 0.15) is 0 Å². The molecule has 1 fully saturated rings. The van der Waals surface area contributed by atoms with Gasteiger partial charge in [0.05, 0.1) is 0 Å². The number of hydrogen-bond donors (Lipinski definition) is 2. The number of carbonyl (C=O) groups is 1. The van der Waals surface area contributed by atoms with Gasteiger partial charge in [0.25, 0.3) is 0 Å². The first-order chi connectivity index (χ1) is 9.33. The second kappa shape index (κ2) is 5.26. The molecule has 19 heavy (non-hydrogen) atoms. The van der Waals surface area contributed by atoms with Crippen molar-refractivity contribution in [2.75, 3.05) is 11.9 Å². The van der Waals surface area contributed by atoms with Crippen LogP contribution in [0.15, 0.2) is 36.7 Å². The number of nitrogens with one attached hydrogen (secondary N) is 2. The summed E-state index contributed by atoms with van der Waals surface area (Å²) in [4.78, 5) is 15.7. The van der Waals surface area contributed by atoms with E-state index in [4.69, 9.17) is 0 Å². The van der Waals surface area contributed by atoms with Gasteiger partial charge in [-0.2, -0.15) is 0 Å². The maximum Gasteiger partial charge on any atom is 0.222 e. The van der Waals surface area contributed by atoms with Crippen LogP contribution >= 0.6 is 0 Å². The van der Waals surface area contributed by atoms with E-state index in [2.05, 4.69) is 21.7 Å². The van der Waals surface area contributed by atoms with E-state index in [1.54, 1.807) is 6.20 Å². The first-order valence-electron chi connectivity index (χ1n) is 6.69. The summed E-state index contributed by atoms with van der Waals surface area (Å²) < 4.78 is 0. The number of aromatic nitrogens is 1. The SMILES string of the molecule is O=C1CC(Nc2cccc3cnccc23)CCCN1. The van der Waals surface area contributed by atoms with Crippen LogP contribution < -0.4 is 10.6 Å². The molecule has 1 atom stereocenters. The number of amides is 1. The summed E-state index contributed by atoms with van der Waals surface area (Å²) in [7, 11) is 0. The van der Waals surface area contributed by atoms with Crippen LogP contribution in [0, 0.1) is 0 Å². The predicted molar refractivity (Wildman–Crippen MR) is 76.0 cm³/mol. The van der Waals surface area contributed by atoms with E-state index in [-0.39, 0.29) is 11.9 Å². The average molecular weight is 255 g/mol. The smallest absolute Gasteiger partial charge is 0.222 e. The van der Waals surface area contributed by atoms with Crippen LogP contribution in [-0.4, -0.2) is 23.5 Å². The van der Waals surface area contributed by atoms with Gasteiger partial charge in [-0.05, 0) is 25.0 Å². The van der Waals surface area contributed by atoms with Gasteiger partial charge in [-0.3, -0.25) is 9.78 Å². The van der Waals surface area contributed by atoms with Crippen LogP contribution in [0.5, 0.6) is 0 Å². The van der Waals surface area contributed by atoms with Crippen molar-refractivity contribution in [3.05, 3.63) is 36.7 Å². The van der Waals surface area contributed by atoms with Gasteiger partial charge in [-0.15, -0.1) is 0 Å². The molecule has 98 valence electrons. The van der Waals surface area contributed by atoms with Crippen LogP contribution in [0.2, 0.25) is 0 Å². The highest BCUT2D eigenvalue weighted by molar-refractivity contribution is 5.93. The lowest BCUT2D eigenvalue weighted by Gasteiger charge is -2.18. The minimum Gasteiger partial charge on any atom is -0.381 e. The second-order valence-corrected chi connectivity index (χ2v) is 4.94. The Bertz CT molecular complexity index is 591. The lowest BCUT2D eigenvalue weighted by Crippen LogP contribution is -2.26. The average Bonchev–Trinajstić information content (AvgIpc) is 2.63. The highest BCUT2D eigenvalue weighted by Gasteiger charge is 2.17. The summed E-state index contributed by atoms with van der Waals surface area (Å²) in [5.41, 5.74) is 1.08. The van der Waals surface area contributed by atoms with Crippen molar-refractivity contribution >= 4 is 22.4 Å². The minimum absolute atomic E-state index is 0.136. The first-order valence-corrected chi connectivity index (χ1v) is 6.69. The molecule has 4 nitrogen and oxygen atoms in total. The second-order valence-electron chi connectivity index (χ2n) is 4.94. The van der Waals surface area contributed by atoms with Gasteiger partial charge < -0.3 is 10.6 Å². The predicted octanol–water partition coefficient (Wildman–Crippen LogP) is 2.32. The molecule has 1 amide bonds. The third kappa shape index (κ3) is 2.67. The summed E-state index contributed by atoms with van der Waals surface area (Å²) in [5, 5.41) is 8.69. The van der Waals surface area contributed by atoms with Crippen LogP contribution in [0.1, 0.15) is 19.3 Å². The number of pyridine rings is 1. The summed E-state index contributed by atoms with van der Waals surface area (Å²) in [6, 6.07) is 8.34. The molecule has 0 bridgehead atoms. The van der Waals surface area contributed by atoms with Crippen molar-refractivity contribution in [3.8, 4) is 0 Å². The van der Waals surface area contributed by atoms with E-state index < -0.39 is 0 Å². The number of anilines is 1. The standard InChI is InChI=1S/C15H17N3O/c19-15-9-12(4-2-7-17-15)18-14-5-1-3-11-10-16-8-6-13(11)14/h1,3,5-6,8,10,12,18H,2,4,7,9H2,(H,17,19). The number of nitrogens with zero attached hydrogens (tertiary/aromatic N) is 1. The molecule has 1 aliphatic heterocycles. The number of benzene rings is 1. The molecule has 0 spiro atoms. The van der Waals surface area contributed by atoms with Crippen molar-refractivity contribution in [1.82, 2.24) is 10.3 Å². The Morgan fingerprint density at radius 1 is 1.32 bits per heavy atom. The molecule has 1 unspecified atom stereocenters. The topological polar surface area (TPSA) is 54.0 Å². The monoisotopic (exact) mass is 255 g/mol. The molecule has 1 aromatic carbocycles. The molecule has 1 aromatic heterocycles. The van der Waals surface area contributed by atoms with E-state index in [0.717, 1.165) is 35.8 Å². The van der Waals surface area contributed by atoms with E-state index in [1.807, 2.05) is 24.4 Å². The number of hydrogen-bond acceptors (Lipinski definition) is 3. The highest BCUT2D eigenvalue weighted by Crippen LogP contribution is 2.24. The van der Waals surface area contributed by atoms with Crippen LogP contribution in [0.25, 0.3) is 10.8 Å². The Balaban J connectivity index is 1.86. The molecule has 2 N–H and O–H groups in total. The molecule has 3 rings (SSSR count). The fourth-order valence-electron chi connectivity index (χ4n) is 2.57. The molecular weight excluding hydrogens is 238 g/mol.